The molecule has 0 atom stereocenters. The summed E-state index contributed by atoms with van der Waals surface area (Å²) in [5.74, 6) is -3.34. The average Bonchev–Trinajstić information content (AvgIpc) is 2.00. The smallest absolute Gasteiger partial charge is 1.00 e. The van der Waals surface area contributed by atoms with E-state index < -0.39 is 24.5 Å². The van der Waals surface area contributed by atoms with Gasteiger partial charge in [0.05, 0.1) is 12.8 Å². The molecule has 7 nitrogen and oxygen atoms in total. The number of aliphatic carboxylic acids is 2. The molecule has 0 aliphatic heterocycles. The van der Waals surface area contributed by atoms with Crippen molar-refractivity contribution in [2.45, 2.75) is 12.8 Å². The maximum atomic E-state index is 10.5. The Labute approximate surface area is 183 Å². The summed E-state index contributed by atoms with van der Waals surface area (Å²) in [7, 11) is 0. The Hall–Kier alpha value is 2.01. The molecule has 0 radical (unpaired) electrons. The van der Waals surface area contributed by atoms with Crippen molar-refractivity contribution < 1.29 is 149 Å². The fourth-order valence-electron chi connectivity index (χ4n) is 0.396. The molecule has 0 spiro atoms. The molecule has 0 aliphatic carbocycles. The Bertz CT molecular complexity index is 235. The van der Waals surface area contributed by atoms with Crippen LogP contribution in [-0.4, -0.2) is 34.7 Å². The number of carboxylic acid groups (broad SMARTS) is 2. The number of hydrogen-bond donors (Lipinski definition) is 2. The van der Waals surface area contributed by atoms with Gasteiger partial charge in [-0.25, -0.2) is 9.59 Å². The summed E-state index contributed by atoms with van der Waals surface area (Å²) >= 11 is 0. The van der Waals surface area contributed by atoms with E-state index in [1.165, 1.54) is 0 Å². The maximum absolute atomic E-state index is 10.5. The summed E-state index contributed by atoms with van der Waals surface area (Å²) in [6, 6.07) is 0. The van der Waals surface area contributed by atoms with Crippen molar-refractivity contribution in [1.82, 2.24) is 0 Å². The third kappa shape index (κ3) is 21.3. The zero-order chi connectivity index (χ0) is 10.3. The van der Waals surface area contributed by atoms with Crippen molar-refractivity contribution in [2.24, 2.45) is 0 Å². The van der Waals surface area contributed by atoms with Gasteiger partial charge in [-0.3, -0.25) is 9.68 Å². The van der Waals surface area contributed by atoms with E-state index in [1.807, 2.05) is 0 Å². The van der Waals surface area contributed by atoms with E-state index in [1.54, 1.807) is 0 Å². The summed E-state index contributed by atoms with van der Waals surface area (Å²) in [5, 5.41) is 16.2. The van der Waals surface area contributed by atoms with E-state index in [9.17, 15) is 14.4 Å². The normalized spacial score (nSPS) is 7.50. The second-order valence-electron chi connectivity index (χ2n) is 2.01. The van der Waals surface area contributed by atoms with Gasteiger partial charge in [0.15, 0.2) is 6.61 Å². The zero-order valence-corrected chi connectivity index (χ0v) is 16.7. The molecule has 0 aromatic heterocycles. The summed E-state index contributed by atoms with van der Waals surface area (Å²) in [5.41, 5.74) is 0. The fraction of sp³-hybridized carbons (Fsp3) is 0.500. The van der Waals surface area contributed by atoms with Crippen LogP contribution in [0.25, 0.3) is 0 Å². The molecule has 2 N–H and O–H groups in total. The van der Waals surface area contributed by atoms with Crippen molar-refractivity contribution in [3.8, 4) is 0 Å². The van der Waals surface area contributed by atoms with Gasteiger partial charge in [0.2, 0.25) is 0 Å². The maximum Gasteiger partial charge on any atom is 1.00 e. The van der Waals surface area contributed by atoms with Gasteiger partial charge in [-0.05, 0) is 0 Å². The molecule has 0 fully saturated rings. The summed E-state index contributed by atoms with van der Waals surface area (Å²) in [6.45, 7) is -0.765. The van der Waals surface area contributed by atoms with Crippen molar-refractivity contribution >= 4 is 17.9 Å². The molecule has 0 unspecified atom stereocenters. The van der Waals surface area contributed by atoms with Crippen LogP contribution in [0.15, 0.2) is 0 Å². The van der Waals surface area contributed by atoms with Crippen LogP contribution in [0.2, 0.25) is 0 Å². The molecule has 80 valence electrons. The molecule has 0 heterocycles. The molecule has 0 aromatic carbocycles. The quantitative estimate of drug-likeness (QED) is 0.282. The minimum Gasteiger partial charge on any atom is -1.00 e. The predicted molar refractivity (Wildman–Crippen MR) is 39.9 cm³/mol. The molecule has 0 aromatic rings. The van der Waals surface area contributed by atoms with E-state index in [4.69, 9.17) is 10.2 Å². The van der Waals surface area contributed by atoms with Crippen LogP contribution >= 0.6 is 0 Å². The first-order chi connectivity index (χ1) is 6.02. The first-order valence-electron chi connectivity index (χ1n) is 3.28. The minimum absolute atomic E-state index is 0. The Morgan fingerprint density at radius 3 is 1.88 bits per heavy atom. The molecule has 0 saturated heterocycles. The van der Waals surface area contributed by atoms with E-state index >= 15 is 0 Å². The van der Waals surface area contributed by atoms with Gasteiger partial charge >= 0.3 is 128 Å². The summed E-state index contributed by atoms with van der Waals surface area (Å²) in [4.78, 5) is 38.2. The molecular weight excluding hydrogens is 269 g/mol. The van der Waals surface area contributed by atoms with Gasteiger partial charge in [-0.15, -0.1) is 0 Å². The second kappa shape index (κ2) is 17.0. The zero-order valence-electron chi connectivity index (χ0n) is 12.6. The third-order valence-electron chi connectivity index (χ3n) is 0.877. The fourth-order valence-corrected chi connectivity index (χ4v) is 0.396. The van der Waals surface area contributed by atoms with Gasteiger partial charge < -0.3 is 14.5 Å². The Morgan fingerprint density at radius 2 is 1.50 bits per heavy atom. The summed E-state index contributed by atoms with van der Waals surface area (Å²) in [6.07, 6.45) is -0.732. The predicted octanol–water partition coefficient (Wildman–Crippen LogP) is -9.24. The number of carbonyl (C=O) groups excluding carboxylic acids is 1. The SMILES string of the molecule is O=C(O)CCC(=O)OOCC(=O)O.[H-].[H-].[H-].[K+].[Na+].[Na+]. The van der Waals surface area contributed by atoms with Crippen molar-refractivity contribution in [2.75, 3.05) is 6.61 Å². The van der Waals surface area contributed by atoms with Crippen LogP contribution in [0.5, 0.6) is 0 Å². The number of rotatable bonds is 6. The molecular formula is C6H11KNa2O7. The number of carboxylic acids is 2. The molecule has 0 amide bonds. The molecule has 10 heteroatoms. The first kappa shape index (κ1) is 26.5. The Kier molecular flexibility index (Phi) is 28.2. The topological polar surface area (TPSA) is 110 Å². The molecule has 0 rings (SSSR count). The van der Waals surface area contributed by atoms with E-state index in [0.29, 0.717) is 0 Å². The van der Waals surface area contributed by atoms with Crippen LogP contribution in [-0.2, 0) is 24.2 Å². The number of hydrogen-bond acceptors (Lipinski definition) is 5. The average molecular weight is 280 g/mol. The molecule has 0 saturated carbocycles. The van der Waals surface area contributed by atoms with E-state index in [2.05, 4.69) is 9.78 Å². The van der Waals surface area contributed by atoms with Crippen LogP contribution < -0.4 is 110 Å². The van der Waals surface area contributed by atoms with Crippen LogP contribution in [0.1, 0.15) is 17.1 Å². The molecule has 16 heavy (non-hydrogen) atoms. The van der Waals surface area contributed by atoms with Gasteiger partial charge in [-0.1, -0.05) is 0 Å². The monoisotopic (exact) mass is 280 g/mol. The Morgan fingerprint density at radius 1 is 1.00 bits per heavy atom. The Balaban J connectivity index is -0.0000000480. The van der Waals surface area contributed by atoms with E-state index in [-0.39, 0.29) is 128 Å². The van der Waals surface area contributed by atoms with Crippen molar-refractivity contribution in [1.29, 1.82) is 0 Å². The largest absolute Gasteiger partial charge is 1.00 e. The van der Waals surface area contributed by atoms with Crippen LogP contribution in [0.3, 0.4) is 0 Å². The van der Waals surface area contributed by atoms with Crippen LogP contribution in [0, 0.1) is 0 Å². The van der Waals surface area contributed by atoms with Gasteiger partial charge in [0.25, 0.3) is 0 Å². The molecule has 0 bridgehead atoms. The molecule has 0 aliphatic rings. The third-order valence-corrected chi connectivity index (χ3v) is 0.877. The van der Waals surface area contributed by atoms with Crippen LogP contribution in [0.4, 0.5) is 0 Å². The minimum atomic E-state index is -1.29. The van der Waals surface area contributed by atoms with Crippen molar-refractivity contribution in [3.05, 3.63) is 0 Å². The second-order valence-corrected chi connectivity index (χ2v) is 2.01. The van der Waals surface area contributed by atoms with Gasteiger partial charge in [-0.2, -0.15) is 4.89 Å². The van der Waals surface area contributed by atoms with Gasteiger partial charge in [0.1, 0.15) is 0 Å². The van der Waals surface area contributed by atoms with E-state index in [0.717, 1.165) is 0 Å². The summed E-state index contributed by atoms with van der Waals surface area (Å²) < 4.78 is 0. The first-order valence-corrected chi connectivity index (χ1v) is 3.28. The number of carbonyl (C=O) groups is 3. The van der Waals surface area contributed by atoms with Gasteiger partial charge in [0, 0.05) is 0 Å². The van der Waals surface area contributed by atoms with Crippen molar-refractivity contribution in [3.63, 3.8) is 0 Å². The standard InChI is InChI=1S/C6H8O7.K.2Na.3H/c7-4(8)1-2-6(11)13-12-3-5(9)10;;;;;;/h1-3H2,(H,7,8)(H,9,10);;;;;;/q;3*+1;3*-1.